The first-order chi connectivity index (χ1) is 11.4. The average molecular weight is 483 g/mol. The number of rotatable bonds is 5. The molecule has 0 radical (unpaired) electrons. The van der Waals surface area contributed by atoms with Crippen LogP contribution in [0.3, 0.4) is 0 Å². The molecule has 26 heavy (non-hydrogen) atoms. The number of guanidine groups is 1. The zero-order valence-corrected chi connectivity index (χ0v) is 20.0. The minimum Gasteiger partial charge on any atom is -0.444 e. The van der Waals surface area contributed by atoms with Gasteiger partial charge in [-0.3, -0.25) is 4.99 Å². The first kappa shape index (κ1) is 25.2. The molecule has 1 unspecified atom stereocenters. The highest BCUT2D eigenvalue weighted by atomic mass is 127. The second-order valence-electron chi connectivity index (χ2n) is 8.88. The maximum absolute atomic E-state index is 11.9. The number of nitrogens with zero attached hydrogens (tertiary/aromatic N) is 3. The van der Waals surface area contributed by atoms with Crippen LogP contribution in [-0.2, 0) is 4.74 Å². The van der Waals surface area contributed by atoms with Gasteiger partial charge in [0.2, 0.25) is 0 Å². The van der Waals surface area contributed by atoms with Gasteiger partial charge < -0.3 is 25.2 Å². The number of ether oxygens (including phenoxy) is 1. The molecule has 1 aliphatic rings. The van der Waals surface area contributed by atoms with Gasteiger partial charge in [-0.1, -0.05) is 13.8 Å². The number of aliphatic imine (C=N–C) groups is 1. The summed E-state index contributed by atoms with van der Waals surface area (Å²) in [6.07, 6.45) is 0.538. The van der Waals surface area contributed by atoms with Gasteiger partial charge in [-0.25, -0.2) is 4.79 Å². The number of carbonyl (C=O) groups excluding carboxylic acids is 1. The normalized spacial score (nSPS) is 18.6. The summed E-state index contributed by atoms with van der Waals surface area (Å²) < 4.78 is 5.33. The van der Waals surface area contributed by atoms with Crippen molar-refractivity contribution in [2.75, 3.05) is 47.3 Å². The van der Waals surface area contributed by atoms with Crippen molar-refractivity contribution >= 4 is 36.0 Å². The van der Waals surface area contributed by atoms with Crippen LogP contribution in [0.4, 0.5) is 4.79 Å². The first-order valence-corrected chi connectivity index (χ1v) is 9.02. The van der Waals surface area contributed by atoms with Crippen LogP contribution in [0, 0.1) is 5.41 Å². The van der Waals surface area contributed by atoms with Crippen molar-refractivity contribution in [3.63, 3.8) is 0 Å². The van der Waals surface area contributed by atoms with Crippen molar-refractivity contribution in [2.45, 2.75) is 52.7 Å². The predicted molar refractivity (Wildman–Crippen MR) is 118 cm³/mol. The van der Waals surface area contributed by atoms with Gasteiger partial charge in [0.05, 0.1) is 6.04 Å². The largest absolute Gasteiger partial charge is 0.444 e. The molecule has 1 heterocycles. The fraction of sp³-hybridized carbons (Fsp3) is 0.889. The molecule has 0 aromatic rings. The lowest BCUT2D eigenvalue weighted by Crippen LogP contribution is -2.47. The highest BCUT2D eigenvalue weighted by molar-refractivity contribution is 14.0. The molecular formula is C18H38IN5O2. The van der Waals surface area contributed by atoms with Gasteiger partial charge in [-0.2, -0.15) is 0 Å². The standard InChI is InChI=1S/C18H37N5O2.HI/c1-17(2,3)25-16(24)21-14-9-10-23(11-14)15(19-6)20-12-18(4,5)13-22(7)8;/h14H,9-13H2,1-8H3,(H,19,20)(H,21,24);1H. The Bertz CT molecular complexity index is 475. The lowest BCUT2D eigenvalue weighted by molar-refractivity contribution is 0.0507. The molecular weight excluding hydrogens is 445 g/mol. The van der Waals surface area contributed by atoms with Crippen LogP contribution in [0.2, 0.25) is 0 Å². The summed E-state index contributed by atoms with van der Waals surface area (Å²) in [5.41, 5.74) is -0.328. The third-order valence-electron chi connectivity index (χ3n) is 3.89. The van der Waals surface area contributed by atoms with Crippen molar-refractivity contribution < 1.29 is 9.53 Å². The van der Waals surface area contributed by atoms with Crippen molar-refractivity contribution in [2.24, 2.45) is 10.4 Å². The Kier molecular flexibility index (Phi) is 10.2. The second kappa shape index (κ2) is 10.5. The molecule has 2 N–H and O–H groups in total. The van der Waals surface area contributed by atoms with E-state index in [0.717, 1.165) is 38.6 Å². The Balaban J connectivity index is 0.00000625. The summed E-state index contributed by atoms with van der Waals surface area (Å²) in [4.78, 5) is 20.7. The average Bonchev–Trinajstić information content (AvgIpc) is 2.83. The Labute approximate surface area is 176 Å². The summed E-state index contributed by atoms with van der Waals surface area (Å²) >= 11 is 0. The molecule has 1 atom stereocenters. The minimum atomic E-state index is -0.474. The first-order valence-electron chi connectivity index (χ1n) is 9.02. The molecule has 1 amide bonds. The van der Waals surface area contributed by atoms with Crippen LogP contribution >= 0.6 is 24.0 Å². The Morgan fingerprint density at radius 2 is 1.88 bits per heavy atom. The van der Waals surface area contributed by atoms with E-state index in [1.807, 2.05) is 20.8 Å². The van der Waals surface area contributed by atoms with Gasteiger partial charge in [0.15, 0.2) is 5.96 Å². The van der Waals surface area contributed by atoms with E-state index in [1.54, 1.807) is 7.05 Å². The summed E-state index contributed by atoms with van der Waals surface area (Å²) in [6.45, 7) is 13.5. The molecule has 154 valence electrons. The van der Waals surface area contributed by atoms with Crippen LogP contribution in [-0.4, -0.2) is 80.8 Å². The van der Waals surface area contributed by atoms with Crippen LogP contribution in [0.25, 0.3) is 0 Å². The highest BCUT2D eigenvalue weighted by Crippen LogP contribution is 2.16. The maximum atomic E-state index is 11.9. The number of alkyl carbamates (subject to hydrolysis) is 1. The number of amides is 1. The van der Waals surface area contributed by atoms with Crippen molar-refractivity contribution in [3.05, 3.63) is 0 Å². The maximum Gasteiger partial charge on any atom is 0.407 e. The van der Waals surface area contributed by atoms with Gasteiger partial charge in [0.1, 0.15) is 5.60 Å². The number of nitrogens with one attached hydrogen (secondary N) is 2. The van der Waals surface area contributed by atoms with Crippen LogP contribution in [0.15, 0.2) is 4.99 Å². The van der Waals surface area contributed by atoms with E-state index in [4.69, 9.17) is 4.74 Å². The van der Waals surface area contributed by atoms with Crippen molar-refractivity contribution in [1.29, 1.82) is 0 Å². The zero-order valence-electron chi connectivity index (χ0n) is 17.7. The quantitative estimate of drug-likeness (QED) is 0.357. The van der Waals surface area contributed by atoms with Crippen molar-refractivity contribution in [1.82, 2.24) is 20.4 Å². The Morgan fingerprint density at radius 3 is 2.38 bits per heavy atom. The lowest BCUT2D eigenvalue weighted by Gasteiger charge is -2.31. The van der Waals surface area contributed by atoms with E-state index in [0.29, 0.717) is 0 Å². The molecule has 0 spiro atoms. The van der Waals surface area contributed by atoms with Crippen molar-refractivity contribution in [3.8, 4) is 0 Å². The second-order valence-corrected chi connectivity index (χ2v) is 8.88. The predicted octanol–water partition coefficient (Wildman–Crippen LogP) is 2.37. The van der Waals surface area contributed by atoms with Gasteiger partial charge in [0, 0.05) is 33.2 Å². The fourth-order valence-corrected chi connectivity index (χ4v) is 3.11. The number of hydrogen-bond acceptors (Lipinski definition) is 4. The van der Waals surface area contributed by atoms with Gasteiger partial charge in [-0.05, 0) is 46.7 Å². The molecule has 8 heteroatoms. The molecule has 1 aliphatic heterocycles. The number of hydrogen-bond donors (Lipinski definition) is 2. The van der Waals surface area contributed by atoms with E-state index >= 15 is 0 Å². The summed E-state index contributed by atoms with van der Waals surface area (Å²) in [7, 11) is 5.98. The van der Waals surface area contributed by atoms with Gasteiger partial charge in [0.25, 0.3) is 0 Å². The van der Waals surface area contributed by atoms with E-state index in [1.165, 1.54) is 0 Å². The highest BCUT2D eigenvalue weighted by Gasteiger charge is 2.28. The van der Waals surface area contributed by atoms with Crippen LogP contribution < -0.4 is 10.6 Å². The monoisotopic (exact) mass is 483 g/mol. The summed E-state index contributed by atoms with van der Waals surface area (Å²) in [5.74, 6) is 0.889. The molecule has 0 bridgehead atoms. The van der Waals surface area contributed by atoms with Gasteiger partial charge in [-0.15, -0.1) is 24.0 Å². The Hall–Kier alpha value is -0.770. The zero-order chi connectivity index (χ0) is 19.3. The topological polar surface area (TPSA) is 69.2 Å². The van der Waals surface area contributed by atoms with E-state index in [-0.39, 0.29) is 41.5 Å². The molecule has 0 saturated carbocycles. The molecule has 7 nitrogen and oxygen atoms in total. The molecule has 0 aromatic heterocycles. The third kappa shape index (κ3) is 9.80. The van der Waals surface area contributed by atoms with E-state index in [9.17, 15) is 4.79 Å². The SMILES string of the molecule is CN=C(NCC(C)(C)CN(C)C)N1CCC(NC(=O)OC(C)(C)C)C1.I. The summed E-state index contributed by atoms with van der Waals surface area (Å²) in [5, 5.41) is 6.42. The molecule has 1 fully saturated rings. The number of carbonyl (C=O) groups is 1. The minimum absolute atomic E-state index is 0. The Morgan fingerprint density at radius 1 is 1.27 bits per heavy atom. The van der Waals surface area contributed by atoms with Crippen LogP contribution in [0.1, 0.15) is 41.0 Å². The van der Waals surface area contributed by atoms with Crippen LogP contribution in [0.5, 0.6) is 0 Å². The summed E-state index contributed by atoms with van der Waals surface area (Å²) in [6, 6.07) is 0.0863. The number of likely N-dealkylation sites (tertiary alicyclic amines) is 1. The van der Waals surface area contributed by atoms with E-state index in [2.05, 4.69) is 53.4 Å². The molecule has 1 rings (SSSR count). The third-order valence-corrected chi connectivity index (χ3v) is 3.89. The fourth-order valence-electron chi connectivity index (χ4n) is 3.11. The molecule has 0 aliphatic carbocycles. The molecule has 0 aromatic carbocycles. The smallest absolute Gasteiger partial charge is 0.407 e. The van der Waals surface area contributed by atoms with E-state index < -0.39 is 5.60 Å². The lowest BCUT2D eigenvalue weighted by atomic mass is 9.93. The molecule has 1 saturated heterocycles. The number of halogens is 1. The van der Waals surface area contributed by atoms with Gasteiger partial charge >= 0.3 is 6.09 Å².